The van der Waals surface area contributed by atoms with Gasteiger partial charge in [-0.15, -0.1) is 0 Å². The van der Waals surface area contributed by atoms with Gasteiger partial charge in [-0.25, -0.2) is 4.98 Å². The predicted octanol–water partition coefficient (Wildman–Crippen LogP) is 2.39. The van der Waals surface area contributed by atoms with Crippen molar-refractivity contribution >= 4 is 11.6 Å². The second kappa shape index (κ2) is 3.34. The zero-order chi connectivity index (χ0) is 16.0. The number of hydrogen-bond donors (Lipinski definition) is 1. The fourth-order valence-electron chi connectivity index (χ4n) is 2.16. The number of Topliss-reactive ketones (excluding diaryl/α,β-unsaturated/α-hetero) is 2. The minimum atomic E-state index is -5.10. The SMILES string of the molecule is O=C1C2=C(C(=O)c3[nH]c(C(F)(F)F)nc31)C(F)(F)C2(F)F. The number of imidazole rings is 1. The van der Waals surface area contributed by atoms with Crippen LogP contribution in [0.4, 0.5) is 30.7 Å². The number of H-pyrrole nitrogens is 1. The number of aromatic nitrogens is 2. The smallest absolute Gasteiger partial charge is 0.331 e. The van der Waals surface area contributed by atoms with Crippen molar-refractivity contribution in [3.05, 3.63) is 28.4 Å². The van der Waals surface area contributed by atoms with Crippen molar-refractivity contribution < 1.29 is 40.3 Å². The van der Waals surface area contributed by atoms with Gasteiger partial charge >= 0.3 is 18.0 Å². The first kappa shape index (κ1) is 13.8. The van der Waals surface area contributed by atoms with Crippen molar-refractivity contribution in [2.75, 3.05) is 0 Å². The van der Waals surface area contributed by atoms with E-state index in [2.05, 4.69) is 4.98 Å². The molecule has 112 valence electrons. The molecule has 0 radical (unpaired) electrons. The second-order valence-corrected chi connectivity index (χ2v) is 4.36. The average molecular weight is 314 g/mol. The Hall–Kier alpha value is -2.20. The van der Waals surface area contributed by atoms with Gasteiger partial charge in [0.2, 0.25) is 17.4 Å². The van der Waals surface area contributed by atoms with Gasteiger partial charge in [-0.2, -0.15) is 30.7 Å². The van der Waals surface area contributed by atoms with Gasteiger partial charge in [-0.3, -0.25) is 9.59 Å². The molecule has 3 rings (SSSR count). The van der Waals surface area contributed by atoms with E-state index in [1.165, 1.54) is 4.98 Å². The van der Waals surface area contributed by atoms with Crippen LogP contribution in [0, 0.1) is 0 Å². The van der Waals surface area contributed by atoms with Crippen molar-refractivity contribution in [2.45, 2.75) is 18.0 Å². The first-order chi connectivity index (χ1) is 9.40. The summed E-state index contributed by atoms with van der Waals surface area (Å²) in [7, 11) is 0. The van der Waals surface area contributed by atoms with Crippen LogP contribution in [0.25, 0.3) is 0 Å². The Morgan fingerprint density at radius 2 is 1.38 bits per heavy atom. The normalized spacial score (nSPS) is 22.8. The highest BCUT2D eigenvalue weighted by molar-refractivity contribution is 6.29. The number of ketones is 2. The molecule has 11 heteroatoms. The van der Waals surface area contributed by atoms with Crippen LogP contribution >= 0.6 is 0 Å². The van der Waals surface area contributed by atoms with E-state index in [9.17, 15) is 40.3 Å². The number of nitrogens with one attached hydrogen (secondary N) is 1. The fraction of sp³-hybridized carbons (Fsp3) is 0.300. The molecule has 0 saturated heterocycles. The summed E-state index contributed by atoms with van der Waals surface area (Å²) >= 11 is 0. The Balaban J connectivity index is 2.22. The van der Waals surface area contributed by atoms with Crippen LogP contribution in [0.15, 0.2) is 11.1 Å². The summed E-state index contributed by atoms with van der Waals surface area (Å²) in [4.78, 5) is 27.3. The summed E-state index contributed by atoms with van der Waals surface area (Å²) in [5.74, 6) is -15.2. The lowest BCUT2D eigenvalue weighted by molar-refractivity contribution is -0.184. The Labute approximate surface area is 109 Å². The quantitative estimate of drug-likeness (QED) is 0.748. The van der Waals surface area contributed by atoms with Gasteiger partial charge in [0.1, 0.15) is 11.4 Å². The van der Waals surface area contributed by atoms with Crippen molar-refractivity contribution in [3.8, 4) is 0 Å². The third-order valence-corrected chi connectivity index (χ3v) is 3.14. The topological polar surface area (TPSA) is 62.8 Å². The predicted molar refractivity (Wildman–Crippen MR) is 49.2 cm³/mol. The molecule has 1 aromatic rings. The first-order valence-electron chi connectivity index (χ1n) is 5.18. The number of fused-ring (bicyclic) bond motifs is 1. The monoisotopic (exact) mass is 314 g/mol. The molecular weight excluding hydrogens is 313 g/mol. The van der Waals surface area contributed by atoms with E-state index in [0.717, 1.165) is 0 Å². The maximum Gasteiger partial charge on any atom is 0.449 e. The molecule has 0 saturated carbocycles. The minimum Gasteiger partial charge on any atom is -0.331 e. The summed E-state index contributed by atoms with van der Waals surface area (Å²) in [6.45, 7) is 0. The van der Waals surface area contributed by atoms with Crippen LogP contribution in [0.2, 0.25) is 0 Å². The lowest BCUT2D eigenvalue weighted by Gasteiger charge is -2.40. The molecule has 21 heavy (non-hydrogen) atoms. The number of rotatable bonds is 0. The van der Waals surface area contributed by atoms with E-state index in [0.29, 0.717) is 0 Å². The van der Waals surface area contributed by atoms with Crippen molar-refractivity contribution in [1.29, 1.82) is 0 Å². The zero-order valence-electron chi connectivity index (χ0n) is 9.41. The van der Waals surface area contributed by atoms with E-state index in [-0.39, 0.29) is 0 Å². The van der Waals surface area contributed by atoms with Gasteiger partial charge in [0.25, 0.3) is 0 Å². The third-order valence-electron chi connectivity index (χ3n) is 3.14. The number of alkyl halides is 7. The Bertz CT molecular complexity index is 688. The van der Waals surface area contributed by atoms with E-state index in [1.807, 2.05) is 0 Å². The van der Waals surface area contributed by atoms with Gasteiger partial charge in [0.05, 0.1) is 11.1 Å². The maximum absolute atomic E-state index is 13.2. The number of hydrogen-bond acceptors (Lipinski definition) is 3. The molecular formula is C10HF7N2O2. The van der Waals surface area contributed by atoms with E-state index in [1.54, 1.807) is 0 Å². The summed E-state index contributed by atoms with van der Waals surface area (Å²) < 4.78 is 89.9. The highest BCUT2D eigenvalue weighted by Crippen LogP contribution is 2.58. The van der Waals surface area contributed by atoms with Gasteiger partial charge in [-0.1, -0.05) is 0 Å². The highest BCUT2D eigenvalue weighted by atomic mass is 19.4. The lowest BCUT2D eigenvalue weighted by atomic mass is 9.71. The molecule has 0 spiro atoms. The first-order valence-corrected chi connectivity index (χ1v) is 5.18. The maximum atomic E-state index is 13.2. The number of allylic oxidation sites excluding steroid dienone is 2. The molecule has 0 amide bonds. The fourth-order valence-corrected chi connectivity index (χ4v) is 2.16. The molecule has 0 atom stereocenters. The number of aromatic amines is 1. The summed E-state index contributed by atoms with van der Waals surface area (Å²) in [6.07, 6.45) is -5.10. The van der Waals surface area contributed by atoms with Gasteiger partial charge in [0, 0.05) is 0 Å². The van der Waals surface area contributed by atoms with Gasteiger partial charge in [0.15, 0.2) is 0 Å². The molecule has 2 aliphatic rings. The molecule has 4 nitrogen and oxygen atoms in total. The summed E-state index contributed by atoms with van der Waals surface area (Å²) in [5, 5.41) is 0. The van der Waals surface area contributed by atoms with Crippen LogP contribution in [-0.2, 0) is 6.18 Å². The minimum absolute atomic E-state index is 1.17. The number of halogens is 7. The Morgan fingerprint density at radius 3 is 1.86 bits per heavy atom. The molecule has 1 aromatic heterocycles. The Morgan fingerprint density at radius 1 is 0.905 bits per heavy atom. The standard InChI is InChI=1S/C10HF7N2O2/c11-8(12)1-2(9(8,13)14)6(21)4-3(5(1)20)18-7(19-4)10(15,16)17/h(H,18,19). The molecule has 0 aromatic carbocycles. The zero-order valence-corrected chi connectivity index (χ0v) is 9.41. The van der Waals surface area contributed by atoms with Crippen molar-refractivity contribution in [3.63, 3.8) is 0 Å². The van der Waals surface area contributed by atoms with Gasteiger partial charge in [-0.05, 0) is 0 Å². The molecule has 0 fully saturated rings. The number of carbonyl (C=O) groups is 2. The molecule has 0 bridgehead atoms. The highest BCUT2D eigenvalue weighted by Gasteiger charge is 2.76. The largest absolute Gasteiger partial charge is 0.449 e. The summed E-state index contributed by atoms with van der Waals surface area (Å²) in [5.41, 5.74) is -5.99. The number of carbonyl (C=O) groups excluding carboxylic acids is 2. The number of nitrogens with zero attached hydrogens (tertiary/aromatic N) is 1. The van der Waals surface area contributed by atoms with Crippen LogP contribution in [0.1, 0.15) is 26.8 Å². The molecule has 1 N–H and O–H groups in total. The average Bonchev–Trinajstić information content (AvgIpc) is 2.77. The summed E-state index contributed by atoms with van der Waals surface area (Å²) in [6, 6.07) is 0. The molecule has 0 unspecified atom stereocenters. The Kier molecular flexibility index (Phi) is 2.19. The van der Waals surface area contributed by atoms with Crippen LogP contribution < -0.4 is 0 Å². The third kappa shape index (κ3) is 1.38. The van der Waals surface area contributed by atoms with Crippen molar-refractivity contribution in [1.82, 2.24) is 9.97 Å². The van der Waals surface area contributed by atoms with Crippen LogP contribution in [0.5, 0.6) is 0 Å². The van der Waals surface area contributed by atoms with Gasteiger partial charge < -0.3 is 4.98 Å². The molecule has 1 heterocycles. The molecule has 0 aliphatic heterocycles. The second-order valence-electron chi connectivity index (χ2n) is 4.36. The molecule has 2 aliphatic carbocycles. The van der Waals surface area contributed by atoms with Crippen LogP contribution in [-0.4, -0.2) is 33.4 Å². The van der Waals surface area contributed by atoms with Crippen molar-refractivity contribution in [2.24, 2.45) is 0 Å². The van der Waals surface area contributed by atoms with E-state index >= 15 is 0 Å². The van der Waals surface area contributed by atoms with E-state index in [4.69, 9.17) is 0 Å². The van der Waals surface area contributed by atoms with Crippen LogP contribution in [0.3, 0.4) is 0 Å². The lowest BCUT2D eigenvalue weighted by Crippen LogP contribution is -2.59. The van der Waals surface area contributed by atoms with E-state index < -0.39 is 57.9 Å².